The van der Waals surface area contributed by atoms with Gasteiger partial charge in [0.05, 0.1) is 47.4 Å². The number of anilines is 1. The van der Waals surface area contributed by atoms with Gasteiger partial charge >= 0.3 is 5.97 Å². The van der Waals surface area contributed by atoms with E-state index < -0.39 is 11.8 Å². The average Bonchev–Trinajstić information content (AvgIpc) is 3.34. The SMILES string of the molecule is N#Cc1ccc([C@H]2CCc3c(cccc3N3CCN(Cc4nc5ccc(C(=O)O)cc5n4C[C@@H]4CCO4)CC3)O2)c(F)c1. The number of rotatable bonds is 7. The van der Waals surface area contributed by atoms with Gasteiger partial charge in [0.2, 0.25) is 0 Å². The van der Waals surface area contributed by atoms with E-state index in [2.05, 4.69) is 20.4 Å². The van der Waals surface area contributed by atoms with Gasteiger partial charge in [0.15, 0.2) is 0 Å². The number of imidazole rings is 1. The third-order valence-corrected chi connectivity index (χ3v) is 8.84. The molecule has 0 aliphatic carbocycles. The van der Waals surface area contributed by atoms with E-state index in [0.29, 0.717) is 30.6 Å². The van der Waals surface area contributed by atoms with Crippen LogP contribution < -0.4 is 9.64 Å². The Morgan fingerprint density at radius 3 is 2.65 bits per heavy atom. The minimum atomic E-state index is -0.947. The van der Waals surface area contributed by atoms with Crippen molar-refractivity contribution in [3.8, 4) is 11.8 Å². The lowest BCUT2D eigenvalue weighted by atomic mass is 9.95. The van der Waals surface area contributed by atoms with Gasteiger partial charge in [0.1, 0.15) is 23.5 Å². The number of piperazine rings is 1. The average molecular weight is 582 g/mol. The molecule has 7 rings (SSSR count). The summed E-state index contributed by atoms with van der Waals surface area (Å²) in [6, 6.07) is 17.7. The lowest BCUT2D eigenvalue weighted by Gasteiger charge is -2.38. The molecule has 2 fully saturated rings. The Kier molecular flexibility index (Phi) is 7.21. The van der Waals surface area contributed by atoms with E-state index in [1.807, 2.05) is 18.2 Å². The summed E-state index contributed by atoms with van der Waals surface area (Å²) in [7, 11) is 0. The van der Waals surface area contributed by atoms with E-state index in [4.69, 9.17) is 19.7 Å². The van der Waals surface area contributed by atoms with Crippen LogP contribution >= 0.6 is 0 Å². The smallest absolute Gasteiger partial charge is 0.335 e. The first-order valence-corrected chi connectivity index (χ1v) is 14.8. The second-order valence-electron chi connectivity index (χ2n) is 11.4. The molecular weight excluding hydrogens is 549 g/mol. The molecule has 4 aromatic rings. The summed E-state index contributed by atoms with van der Waals surface area (Å²) < 4.78 is 28.8. The Bertz CT molecular complexity index is 1740. The molecule has 0 saturated carbocycles. The van der Waals surface area contributed by atoms with E-state index in [1.54, 1.807) is 30.3 Å². The van der Waals surface area contributed by atoms with Crippen LogP contribution in [0.3, 0.4) is 0 Å². The van der Waals surface area contributed by atoms with Gasteiger partial charge in [-0.15, -0.1) is 0 Å². The van der Waals surface area contributed by atoms with E-state index in [9.17, 15) is 14.3 Å². The Hall–Kier alpha value is -4.46. The number of aromatic carboxylic acids is 1. The van der Waals surface area contributed by atoms with Crippen LogP contribution in [-0.4, -0.2) is 64.4 Å². The maximum absolute atomic E-state index is 14.7. The molecule has 1 aromatic heterocycles. The number of nitriles is 1. The molecule has 43 heavy (non-hydrogen) atoms. The van der Waals surface area contributed by atoms with Gasteiger partial charge in [-0.2, -0.15) is 5.26 Å². The van der Waals surface area contributed by atoms with E-state index in [-0.39, 0.29) is 17.8 Å². The van der Waals surface area contributed by atoms with Crippen molar-refractivity contribution in [1.29, 1.82) is 5.26 Å². The Morgan fingerprint density at radius 2 is 1.93 bits per heavy atom. The molecule has 220 valence electrons. The van der Waals surface area contributed by atoms with Crippen molar-refractivity contribution in [2.45, 2.75) is 44.6 Å². The zero-order valence-corrected chi connectivity index (χ0v) is 23.7. The number of ether oxygens (including phenoxy) is 2. The maximum Gasteiger partial charge on any atom is 0.335 e. The first kappa shape index (κ1) is 27.4. The molecule has 0 radical (unpaired) electrons. The molecule has 2 atom stereocenters. The van der Waals surface area contributed by atoms with Crippen LogP contribution in [-0.2, 0) is 24.2 Å². The van der Waals surface area contributed by atoms with Crippen molar-refractivity contribution in [1.82, 2.24) is 14.5 Å². The molecule has 3 aromatic carbocycles. The van der Waals surface area contributed by atoms with Gasteiger partial charge in [-0.3, -0.25) is 4.90 Å². The second-order valence-corrected chi connectivity index (χ2v) is 11.4. The molecule has 4 heterocycles. The maximum atomic E-state index is 14.7. The van der Waals surface area contributed by atoms with Gasteiger partial charge in [0.25, 0.3) is 0 Å². The predicted molar refractivity (Wildman–Crippen MR) is 158 cm³/mol. The fraction of sp³-hybridized carbons (Fsp3) is 0.364. The molecular formula is C33H32FN5O4. The van der Waals surface area contributed by atoms with Crippen LogP contribution in [0.15, 0.2) is 54.6 Å². The highest BCUT2D eigenvalue weighted by atomic mass is 19.1. The van der Waals surface area contributed by atoms with Crippen LogP contribution in [0.1, 0.15) is 51.8 Å². The van der Waals surface area contributed by atoms with Crippen LogP contribution in [0.2, 0.25) is 0 Å². The van der Waals surface area contributed by atoms with Gasteiger partial charge in [0, 0.05) is 49.6 Å². The fourth-order valence-corrected chi connectivity index (χ4v) is 6.39. The van der Waals surface area contributed by atoms with Gasteiger partial charge in [-0.1, -0.05) is 12.1 Å². The summed E-state index contributed by atoms with van der Waals surface area (Å²) in [5.41, 5.74) is 4.98. The summed E-state index contributed by atoms with van der Waals surface area (Å²) in [5.74, 6) is 0.356. The van der Waals surface area contributed by atoms with Crippen molar-refractivity contribution in [2.24, 2.45) is 0 Å². The minimum absolute atomic E-state index is 0.126. The zero-order valence-electron chi connectivity index (χ0n) is 23.7. The van der Waals surface area contributed by atoms with Gasteiger partial charge < -0.3 is 24.0 Å². The molecule has 0 bridgehead atoms. The predicted octanol–water partition coefficient (Wildman–Crippen LogP) is 4.92. The number of benzene rings is 3. The molecule has 3 aliphatic rings. The van der Waals surface area contributed by atoms with E-state index in [0.717, 1.165) is 79.5 Å². The third-order valence-electron chi connectivity index (χ3n) is 8.84. The second kappa shape index (κ2) is 11.3. The zero-order chi connectivity index (χ0) is 29.5. The largest absolute Gasteiger partial charge is 0.485 e. The Morgan fingerprint density at radius 1 is 1.09 bits per heavy atom. The molecule has 10 heteroatoms. The lowest BCUT2D eigenvalue weighted by molar-refractivity contribution is -0.0592. The number of aromatic nitrogens is 2. The van der Waals surface area contributed by atoms with E-state index >= 15 is 0 Å². The third kappa shape index (κ3) is 5.31. The minimum Gasteiger partial charge on any atom is -0.485 e. The Labute approximate surface area is 248 Å². The molecule has 0 unspecified atom stereocenters. The van der Waals surface area contributed by atoms with E-state index in [1.165, 1.54) is 6.07 Å². The first-order valence-electron chi connectivity index (χ1n) is 14.8. The number of nitrogens with zero attached hydrogens (tertiary/aromatic N) is 5. The fourth-order valence-electron chi connectivity index (χ4n) is 6.39. The number of carbonyl (C=O) groups is 1. The monoisotopic (exact) mass is 581 g/mol. The standard InChI is InChI=1S/C33H32FN5O4/c34-26-16-21(18-35)4-6-24(26)31-9-7-25-28(2-1-3-30(25)43-31)38-13-11-37(12-14-38)20-32-36-27-8-5-22(33(40)41)17-29(27)39(32)19-23-10-15-42-23/h1-6,8,16-17,23,31H,7,9-15,19-20H2,(H,40,41)/t23-,31+/m0/s1. The van der Waals surface area contributed by atoms with Crippen LogP contribution in [0, 0.1) is 17.1 Å². The molecule has 3 aliphatic heterocycles. The highest BCUT2D eigenvalue weighted by Gasteiger charge is 2.29. The van der Waals surface area contributed by atoms with Crippen molar-refractivity contribution in [3.05, 3.63) is 88.5 Å². The number of fused-ring (bicyclic) bond motifs is 2. The van der Waals surface area contributed by atoms with Gasteiger partial charge in [-0.25, -0.2) is 14.2 Å². The van der Waals surface area contributed by atoms with Crippen LogP contribution in [0.4, 0.5) is 10.1 Å². The molecule has 9 nitrogen and oxygen atoms in total. The topological polar surface area (TPSA) is 104 Å². The number of carboxylic acids is 1. The normalized spacial score (nSPS) is 20.2. The highest BCUT2D eigenvalue weighted by molar-refractivity contribution is 5.92. The van der Waals surface area contributed by atoms with Gasteiger partial charge in [-0.05, 0) is 61.7 Å². The molecule has 1 N–H and O–H groups in total. The first-order chi connectivity index (χ1) is 21.0. The Balaban J connectivity index is 1.05. The van der Waals surface area contributed by atoms with Crippen LogP contribution in [0.5, 0.6) is 5.75 Å². The van der Waals surface area contributed by atoms with Crippen molar-refractivity contribution in [3.63, 3.8) is 0 Å². The summed E-state index contributed by atoms with van der Waals surface area (Å²) >= 11 is 0. The van der Waals surface area contributed by atoms with Crippen molar-refractivity contribution >= 4 is 22.7 Å². The van der Waals surface area contributed by atoms with Crippen LogP contribution in [0.25, 0.3) is 11.0 Å². The summed E-state index contributed by atoms with van der Waals surface area (Å²) in [6.07, 6.45) is 2.17. The molecule has 0 spiro atoms. The highest BCUT2D eigenvalue weighted by Crippen LogP contribution is 2.40. The lowest BCUT2D eigenvalue weighted by Crippen LogP contribution is -2.46. The number of carboxylic acid groups (broad SMARTS) is 1. The molecule has 0 amide bonds. The number of hydrogen-bond donors (Lipinski definition) is 1. The summed E-state index contributed by atoms with van der Waals surface area (Å²) in [4.78, 5) is 21.3. The van der Waals surface area contributed by atoms with Crippen molar-refractivity contribution < 1.29 is 23.8 Å². The quantitative estimate of drug-likeness (QED) is 0.328. The van der Waals surface area contributed by atoms with Crippen molar-refractivity contribution in [2.75, 3.05) is 37.7 Å². The molecule has 2 saturated heterocycles. The number of halogens is 1. The summed E-state index contributed by atoms with van der Waals surface area (Å²) in [5, 5.41) is 18.6. The summed E-state index contributed by atoms with van der Waals surface area (Å²) in [6.45, 7) is 5.50. The number of hydrogen-bond acceptors (Lipinski definition) is 7.